The van der Waals surface area contributed by atoms with Gasteiger partial charge in [0.2, 0.25) is 0 Å². The van der Waals surface area contributed by atoms with Gasteiger partial charge in [0, 0.05) is 10.0 Å². The molecule has 0 heterocycles. The van der Waals surface area contributed by atoms with E-state index in [4.69, 9.17) is 4.74 Å². The van der Waals surface area contributed by atoms with Crippen LogP contribution in [-0.2, 0) is 9.53 Å². The summed E-state index contributed by atoms with van der Waals surface area (Å²) in [6.07, 6.45) is 15.3. The topological polar surface area (TPSA) is 55.4 Å². The number of amides is 1. The van der Waals surface area contributed by atoms with E-state index in [9.17, 15) is 9.59 Å². The van der Waals surface area contributed by atoms with Crippen molar-refractivity contribution in [1.29, 1.82) is 0 Å². The first-order chi connectivity index (χ1) is 14.0. The number of esters is 1. The third-order valence-corrected chi connectivity index (χ3v) is 5.52. The summed E-state index contributed by atoms with van der Waals surface area (Å²) in [5, 5.41) is 2.69. The molecule has 1 rings (SSSR count). The molecule has 1 aromatic carbocycles. The van der Waals surface area contributed by atoms with E-state index in [2.05, 4.69) is 28.2 Å². The highest BCUT2D eigenvalue weighted by atomic mass is 79.9. The fourth-order valence-corrected chi connectivity index (χ4v) is 3.61. The number of halogens is 1. The maximum absolute atomic E-state index is 12.2. The summed E-state index contributed by atoms with van der Waals surface area (Å²) in [6.45, 7) is 4.33. The molecule has 0 aliphatic rings. The summed E-state index contributed by atoms with van der Waals surface area (Å²) in [7, 11) is 0. The van der Waals surface area contributed by atoms with Crippen LogP contribution in [0.5, 0.6) is 0 Å². The average molecular weight is 468 g/mol. The lowest BCUT2D eigenvalue weighted by atomic mass is 10.1. The van der Waals surface area contributed by atoms with Crippen LogP contribution in [0.3, 0.4) is 0 Å². The minimum atomic E-state index is -0.654. The Labute approximate surface area is 185 Å². The molecule has 1 aromatic rings. The van der Waals surface area contributed by atoms with Gasteiger partial charge in [-0.3, -0.25) is 4.79 Å². The summed E-state index contributed by atoms with van der Waals surface area (Å²) >= 11 is 3.34. The van der Waals surface area contributed by atoms with Gasteiger partial charge in [-0.15, -0.1) is 0 Å². The van der Waals surface area contributed by atoms with Crippen molar-refractivity contribution in [3.8, 4) is 0 Å². The maximum Gasteiger partial charge on any atom is 0.328 e. The Morgan fingerprint density at radius 3 is 2.03 bits per heavy atom. The van der Waals surface area contributed by atoms with E-state index in [-0.39, 0.29) is 11.9 Å². The van der Waals surface area contributed by atoms with Gasteiger partial charge < -0.3 is 10.1 Å². The molecule has 1 N–H and O–H groups in total. The molecule has 0 saturated carbocycles. The van der Waals surface area contributed by atoms with Crippen LogP contribution >= 0.6 is 15.9 Å². The molecule has 0 bridgehead atoms. The normalized spacial score (nSPS) is 11.8. The summed E-state index contributed by atoms with van der Waals surface area (Å²) in [5.41, 5.74) is 0.514. The van der Waals surface area contributed by atoms with Gasteiger partial charge in [-0.05, 0) is 31.5 Å². The molecule has 0 unspecified atom stereocenters. The minimum Gasteiger partial charge on any atom is -0.464 e. The Bertz CT molecular complexity index is 591. The second-order valence-corrected chi connectivity index (χ2v) is 8.68. The van der Waals surface area contributed by atoms with Crippen molar-refractivity contribution < 1.29 is 14.3 Å². The molecule has 1 amide bonds. The molecule has 0 aliphatic carbocycles. The van der Waals surface area contributed by atoms with E-state index < -0.39 is 6.04 Å². The molecule has 29 heavy (non-hydrogen) atoms. The first-order valence-electron chi connectivity index (χ1n) is 11.3. The Morgan fingerprint density at radius 1 is 0.931 bits per heavy atom. The molecule has 0 spiro atoms. The second-order valence-electron chi connectivity index (χ2n) is 7.76. The number of ether oxygens (including phenoxy) is 1. The predicted octanol–water partition coefficient (Wildman–Crippen LogP) is 6.81. The predicted molar refractivity (Wildman–Crippen MR) is 123 cm³/mol. The summed E-state index contributed by atoms with van der Waals surface area (Å²) in [4.78, 5) is 24.2. The average Bonchev–Trinajstić information content (AvgIpc) is 2.71. The Hall–Kier alpha value is -1.36. The van der Waals surface area contributed by atoms with Gasteiger partial charge in [-0.1, -0.05) is 99.5 Å². The molecule has 0 saturated heterocycles. The van der Waals surface area contributed by atoms with Crippen LogP contribution in [-0.4, -0.2) is 24.5 Å². The van der Waals surface area contributed by atoms with Crippen molar-refractivity contribution in [3.63, 3.8) is 0 Å². The largest absolute Gasteiger partial charge is 0.464 e. The summed E-state index contributed by atoms with van der Waals surface area (Å²) in [6, 6.07) is 6.42. The van der Waals surface area contributed by atoms with E-state index in [0.717, 1.165) is 17.3 Å². The highest BCUT2D eigenvalue weighted by Gasteiger charge is 2.17. The number of nitrogens with one attached hydrogen (secondary N) is 1. The van der Waals surface area contributed by atoms with Crippen LogP contribution in [0.25, 0.3) is 0 Å². The van der Waals surface area contributed by atoms with Crippen LogP contribution in [0.15, 0.2) is 28.7 Å². The molecular formula is C24H38BrNO3. The van der Waals surface area contributed by atoms with E-state index in [1.54, 1.807) is 25.1 Å². The van der Waals surface area contributed by atoms with E-state index >= 15 is 0 Å². The highest BCUT2D eigenvalue weighted by Crippen LogP contribution is 2.13. The first-order valence-corrected chi connectivity index (χ1v) is 12.1. The number of rotatable bonds is 16. The van der Waals surface area contributed by atoms with Crippen molar-refractivity contribution >= 4 is 27.8 Å². The third-order valence-electron chi connectivity index (χ3n) is 5.03. The van der Waals surface area contributed by atoms with Gasteiger partial charge >= 0.3 is 5.97 Å². The van der Waals surface area contributed by atoms with Crippen molar-refractivity contribution in [1.82, 2.24) is 5.32 Å². The van der Waals surface area contributed by atoms with Crippen LogP contribution < -0.4 is 5.32 Å². The molecule has 1 atom stereocenters. The lowest BCUT2D eigenvalue weighted by Crippen LogP contribution is -2.39. The zero-order valence-electron chi connectivity index (χ0n) is 18.2. The molecule has 4 nitrogen and oxygen atoms in total. The SMILES string of the molecule is CCCCCCCCCCCCCCOC(=O)[C@H](C)NC(=O)c1cccc(Br)c1. The fraction of sp³-hybridized carbons (Fsp3) is 0.667. The van der Waals surface area contributed by atoms with Crippen LogP contribution in [0.1, 0.15) is 101 Å². The lowest BCUT2D eigenvalue weighted by molar-refractivity contribution is -0.145. The van der Waals surface area contributed by atoms with Crippen molar-refractivity contribution in [2.75, 3.05) is 6.61 Å². The van der Waals surface area contributed by atoms with Gasteiger partial charge in [0.1, 0.15) is 6.04 Å². The number of carbonyl (C=O) groups is 2. The van der Waals surface area contributed by atoms with E-state index in [1.807, 2.05) is 6.07 Å². The lowest BCUT2D eigenvalue weighted by Gasteiger charge is -2.13. The molecule has 0 radical (unpaired) electrons. The number of carbonyl (C=O) groups excluding carboxylic acids is 2. The molecular weight excluding hydrogens is 430 g/mol. The van der Waals surface area contributed by atoms with Gasteiger partial charge in [0.25, 0.3) is 5.91 Å². The zero-order chi connectivity index (χ0) is 21.3. The zero-order valence-corrected chi connectivity index (χ0v) is 19.8. The van der Waals surface area contributed by atoms with Gasteiger partial charge in [0.15, 0.2) is 0 Å². The second kappa shape index (κ2) is 16.4. The quantitative estimate of drug-likeness (QED) is 0.214. The Kier molecular flexibility index (Phi) is 14.6. The van der Waals surface area contributed by atoms with Crippen molar-refractivity contribution in [2.24, 2.45) is 0 Å². The smallest absolute Gasteiger partial charge is 0.328 e. The molecule has 0 aromatic heterocycles. The molecule has 164 valence electrons. The van der Waals surface area contributed by atoms with Gasteiger partial charge in [0.05, 0.1) is 6.61 Å². The first kappa shape index (κ1) is 25.7. The minimum absolute atomic E-state index is 0.277. The van der Waals surface area contributed by atoms with Crippen LogP contribution in [0.2, 0.25) is 0 Å². The Morgan fingerprint density at radius 2 is 1.48 bits per heavy atom. The fourth-order valence-electron chi connectivity index (χ4n) is 3.21. The standard InChI is InChI=1S/C24H38BrNO3/c1-3-4-5-6-7-8-9-10-11-12-13-14-18-29-24(28)20(2)26-23(27)21-16-15-17-22(25)19-21/h15-17,19-20H,3-14,18H2,1-2H3,(H,26,27)/t20-/m0/s1. The van der Waals surface area contributed by atoms with Crippen molar-refractivity contribution in [3.05, 3.63) is 34.3 Å². The van der Waals surface area contributed by atoms with Crippen LogP contribution in [0, 0.1) is 0 Å². The number of hydrogen-bond acceptors (Lipinski definition) is 3. The van der Waals surface area contributed by atoms with E-state index in [0.29, 0.717) is 12.2 Å². The summed E-state index contributed by atoms with van der Waals surface area (Å²) in [5.74, 6) is -0.655. The molecule has 5 heteroatoms. The monoisotopic (exact) mass is 467 g/mol. The number of hydrogen-bond donors (Lipinski definition) is 1. The maximum atomic E-state index is 12.2. The van der Waals surface area contributed by atoms with Gasteiger partial charge in [-0.2, -0.15) is 0 Å². The Balaban J connectivity index is 2.00. The third kappa shape index (κ3) is 12.7. The molecule has 0 fully saturated rings. The summed E-state index contributed by atoms with van der Waals surface area (Å²) < 4.78 is 6.12. The van der Waals surface area contributed by atoms with E-state index in [1.165, 1.54) is 64.2 Å². The van der Waals surface area contributed by atoms with Crippen molar-refractivity contribution in [2.45, 2.75) is 96.9 Å². The highest BCUT2D eigenvalue weighted by molar-refractivity contribution is 9.10. The van der Waals surface area contributed by atoms with Crippen LogP contribution in [0.4, 0.5) is 0 Å². The van der Waals surface area contributed by atoms with Gasteiger partial charge in [-0.25, -0.2) is 4.79 Å². The molecule has 0 aliphatic heterocycles. The number of benzene rings is 1. The number of unbranched alkanes of at least 4 members (excludes halogenated alkanes) is 11.